The van der Waals surface area contributed by atoms with Crippen LogP contribution in [0.1, 0.15) is 5.56 Å². The summed E-state index contributed by atoms with van der Waals surface area (Å²) < 4.78 is 5.02. The first-order chi connectivity index (χ1) is 10.2. The fraction of sp³-hybridized carbons (Fsp3) is 0.267. The summed E-state index contributed by atoms with van der Waals surface area (Å²) in [5, 5.41) is 5.44. The molecule has 6 heteroatoms. The Balaban J connectivity index is 2.13. The molecule has 0 saturated carbocycles. The van der Waals surface area contributed by atoms with E-state index in [0.717, 1.165) is 28.6 Å². The topological polar surface area (TPSA) is 34.1 Å². The van der Waals surface area contributed by atoms with Gasteiger partial charge in [-0.1, -0.05) is 41.0 Å². The molecule has 1 aromatic carbocycles. The number of methoxy groups -OCH3 is 1. The largest absolute Gasteiger partial charge is 0.383 e. The summed E-state index contributed by atoms with van der Waals surface area (Å²) >= 11 is 13.8. The molecule has 1 heterocycles. The van der Waals surface area contributed by atoms with E-state index in [0.29, 0.717) is 16.7 Å². The van der Waals surface area contributed by atoms with Gasteiger partial charge in [0.25, 0.3) is 0 Å². The second-order valence-corrected chi connectivity index (χ2v) is 6.19. The van der Waals surface area contributed by atoms with Gasteiger partial charge in [-0.2, -0.15) is 0 Å². The third kappa shape index (κ3) is 5.16. The zero-order valence-corrected chi connectivity index (χ0v) is 13.9. The van der Waals surface area contributed by atoms with Crippen LogP contribution in [0.15, 0.2) is 46.5 Å². The second kappa shape index (κ2) is 8.61. The fourth-order valence-corrected chi connectivity index (χ4v) is 3.14. The van der Waals surface area contributed by atoms with Crippen LogP contribution in [0.4, 0.5) is 0 Å². The Morgan fingerprint density at radius 1 is 1.29 bits per heavy atom. The molecule has 0 aliphatic heterocycles. The van der Waals surface area contributed by atoms with Gasteiger partial charge in [-0.05, 0) is 29.8 Å². The Labute approximate surface area is 139 Å². The molecule has 0 atom stereocenters. The summed E-state index contributed by atoms with van der Waals surface area (Å²) in [5.74, 6) is 0. The van der Waals surface area contributed by atoms with Gasteiger partial charge in [0.2, 0.25) is 0 Å². The van der Waals surface area contributed by atoms with E-state index in [4.69, 9.17) is 27.9 Å². The molecule has 0 amide bonds. The standard InChI is InChI=1S/C15H16Cl2N2OS/c1-20-8-7-18-10-11-4-5-12(16)9-14(11)21-15-13(17)3-2-6-19-15/h2-6,9,18H,7-8,10H2,1H3. The third-order valence-corrected chi connectivity index (χ3v) is 4.53. The first kappa shape index (κ1) is 16.6. The van der Waals surface area contributed by atoms with E-state index < -0.39 is 0 Å². The van der Waals surface area contributed by atoms with Crippen molar-refractivity contribution in [3.05, 3.63) is 52.1 Å². The van der Waals surface area contributed by atoms with Gasteiger partial charge in [0.1, 0.15) is 5.03 Å². The molecule has 1 N–H and O–H groups in total. The van der Waals surface area contributed by atoms with Crippen molar-refractivity contribution >= 4 is 35.0 Å². The van der Waals surface area contributed by atoms with Gasteiger partial charge >= 0.3 is 0 Å². The average molecular weight is 343 g/mol. The normalized spacial score (nSPS) is 10.8. The molecule has 0 saturated heterocycles. The summed E-state index contributed by atoms with van der Waals surface area (Å²) in [6, 6.07) is 9.49. The minimum atomic E-state index is 0.640. The molecular formula is C15H16Cl2N2OS. The Bertz CT molecular complexity index is 596. The van der Waals surface area contributed by atoms with Crippen molar-refractivity contribution in [2.45, 2.75) is 16.5 Å². The highest BCUT2D eigenvalue weighted by atomic mass is 35.5. The maximum atomic E-state index is 6.16. The number of rotatable bonds is 7. The lowest BCUT2D eigenvalue weighted by Crippen LogP contribution is -2.18. The molecule has 0 aliphatic rings. The zero-order chi connectivity index (χ0) is 15.1. The molecule has 21 heavy (non-hydrogen) atoms. The summed E-state index contributed by atoms with van der Waals surface area (Å²) in [6.07, 6.45) is 1.73. The van der Waals surface area contributed by atoms with Crippen LogP contribution in [-0.2, 0) is 11.3 Å². The lowest BCUT2D eigenvalue weighted by Gasteiger charge is -2.11. The van der Waals surface area contributed by atoms with Crippen molar-refractivity contribution in [2.75, 3.05) is 20.3 Å². The smallest absolute Gasteiger partial charge is 0.119 e. The number of aromatic nitrogens is 1. The Hall–Kier alpha value is -0.780. The highest BCUT2D eigenvalue weighted by Gasteiger charge is 2.09. The predicted octanol–water partition coefficient (Wildman–Crippen LogP) is 4.28. The van der Waals surface area contributed by atoms with Crippen molar-refractivity contribution in [3.63, 3.8) is 0 Å². The summed E-state index contributed by atoms with van der Waals surface area (Å²) in [7, 11) is 1.69. The van der Waals surface area contributed by atoms with Gasteiger partial charge in [0.15, 0.2) is 0 Å². The fourth-order valence-electron chi connectivity index (χ4n) is 1.72. The van der Waals surface area contributed by atoms with E-state index in [2.05, 4.69) is 10.3 Å². The SMILES string of the molecule is COCCNCc1ccc(Cl)cc1Sc1ncccc1Cl. The monoisotopic (exact) mass is 342 g/mol. The van der Waals surface area contributed by atoms with Crippen LogP contribution in [-0.4, -0.2) is 25.2 Å². The molecule has 0 spiro atoms. The molecule has 1 aromatic heterocycles. The number of hydrogen-bond acceptors (Lipinski definition) is 4. The minimum Gasteiger partial charge on any atom is -0.383 e. The first-order valence-electron chi connectivity index (χ1n) is 6.47. The molecular weight excluding hydrogens is 327 g/mol. The molecule has 0 bridgehead atoms. The number of nitrogens with zero attached hydrogens (tertiary/aromatic N) is 1. The number of nitrogens with one attached hydrogen (secondary N) is 1. The lowest BCUT2D eigenvalue weighted by molar-refractivity contribution is 0.199. The van der Waals surface area contributed by atoms with E-state index in [9.17, 15) is 0 Å². The maximum Gasteiger partial charge on any atom is 0.119 e. The number of hydrogen-bond donors (Lipinski definition) is 1. The van der Waals surface area contributed by atoms with Gasteiger partial charge in [-0.25, -0.2) is 4.98 Å². The highest BCUT2D eigenvalue weighted by Crippen LogP contribution is 2.34. The number of pyridine rings is 1. The van der Waals surface area contributed by atoms with Crippen molar-refractivity contribution in [1.82, 2.24) is 10.3 Å². The molecule has 112 valence electrons. The number of ether oxygens (including phenoxy) is 1. The maximum absolute atomic E-state index is 6.16. The summed E-state index contributed by atoms with van der Waals surface area (Å²) in [4.78, 5) is 5.35. The van der Waals surface area contributed by atoms with E-state index in [1.165, 1.54) is 11.8 Å². The quantitative estimate of drug-likeness (QED) is 0.761. The van der Waals surface area contributed by atoms with E-state index in [1.54, 1.807) is 13.3 Å². The minimum absolute atomic E-state index is 0.640. The van der Waals surface area contributed by atoms with Crippen LogP contribution in [0.5, 0.6) is 0 Å². The van der Waals surface area contributed by atoms with Crippen LogP contribution in [0, 0.1) is 0 Å². The van der Waals surface area contributed by atoms with E-state index in [-0.39, 0.29) is 0 Å². The Morgan fingerprint density at radius 3 is 2.90 bits per heavy atom. The van der Waals surface area contributed by atoms with Crippen LogP contribution >= 0.6 is 35.0 Å². The first-order valence-corrected chi connectivity index (χ1v) is 8.04. The van der Waals surface area contributed by atoms with Crippen LogP contribution in [0.25, 0.3) is 0 Å². The van der Waals surface area contributed by atoms with Gasteiger partial charge in [0.05, 0.1) is 11.6 Å². The Kier molecular flexibility index (Phi) is 6.80. The predicted molar refractivity (Wildman–Crippen MR) is 88.4 cm³/mol. The highest BCUT2D eigenvalue weighted by molar-refractivity contribution is 7.99. The number of benzene rings is 1. The molecule has 3 nitrogen and oxygen atoms in total. The lowest BCUT2D eigenvalue weighted by atomic mass is 10.2. The van der Waals surface area contributed by atoms with Crippen molar-refractivity contribution < 1.29 is 4.74 Å². The molecule has 2 rings (SSSR count). The summed E-state index contributed by atoms with van der Waals surface area (Å²) in [6.45, 7) is 2.23. The Morgan fingerprint density at radius 2 is 2.14 bits per heavy atom. The van der Waals surface area contributed by atoms with Gasteiger partial charge in [0, 0.05) is 36.3 Å². The average Bonchev–Trinajstić information content (AvgIpc) is 2.48. The summed E-state index contributed by atoms with van der Waals surface area (Å²) in [5.41, 5.74) is 1.15. The zero-order valence-electron chi connectivity index (χ0n) is 11.6. The van der Waals surface area contributed by atoms with Crippen molar-refractivity contribution in [3.8, 4) is 0 Å². The van der Waals surface area contributed by atoms with Gasteiger partial charge < -0.3 is 10.1 Å². The van der Waals surface area contributed by atoms with Gasteiger partial charge in [-0.3, -0.25) is 0 Å². The van der Waals surface area contributed by atoms with E-state index >= 15 is 0 Å². The van der Waals surface area contributed by atoms with Crippen LogP contribution in [0.3, 0.4) is 0 Å². The molecule has 0 unspecified atom stereocenters. The van der Waals surface area contributed by atoms with Crippen LogP contribution in [0.2, 0.25) is 10.0 Å². The van der Waals surface area contributed by atoms with Crippen molar-refractivity contribution in [1.29, 1.82) is 0 Å². The second-order valence-electron chi connectivity index (χ2n) is 4.31. The van der Waals surface area contributed by atoms with Crippen LogP contribution < -0.4 is 5.32 Å². The third-order valence-electron chi connectivity index (χ3n) is 2.76. The molecule has 2 aromatic rings. The molecule has 0 aliphatic carbocycles. The number of halogens is 2. The van der Waals surface area contributed by atoms with E-state index in [1.807, 2.05) is 30.3 Å². The molecule has 0 radical (unpaired) electrons. The van der Waals surface area contributed by atoms with Gasteiger partial charge in [-0.15, -0.1) is 0 Å². The molecule has 0 fully saturated rings. The van der Waals surface area contributed by atoms with Crippen molar-refractivity contribution in [2.24, 2.45) is 0 Å².